The molecule has 0 amide bonds. The van der Waals surface area contributed by atoms with Crippen molar-refractivity contribution in [2.24, 2.45) is 5.92 Å². The first kappa shape index (κ1) is 50.5. The van der Waals surface area contributed by atoms with E-state index >= 15 is 0 Å². The van der Waals surface area contributed by atoms with E-state index in [-0.39, 0.29) is 12.1 Å². The lowest BCUT2D eigenvalue weighted by Gasteiger charge is -2.29. The summed E-state index contributed by atoms with van der Waals surface area (Å²) in [6.45, 7) is 36.3. The summed E-state index contributed by atoms with van der Waals surface area (Å²) in [7, 11) is 2.17. The van der Waals surface area contributed by atoms with Gasteiger partial charge in [0.1, 0.15) is 12.6 Å². The Kier molecular flexibility index (Phi) is 30.3. The molecule has 0 aliphatic carbocycles. The number of nitrogens with one attached hydrogen (secondary N) is 1. The van der Waals surface area contributed by atoms with E-state index in [9.17, 15) is 3.89 Å². The van der Waals surface area contributed by atoms with Crippen molar-refractivity contribution in [1.82, 2.24) is 20.0 Å². The van der Waals surface area contributed by atoms with Gasteiger partial charge in [-0.3, -0.25) is 0 Å². The van der Waals surface area contributed by atoms with Crippen LogP contribution >= 0.6 is 12.1 Å². The summed E-state index contributed by atoms with van der Waals surface area (Å²) in [6, 6.07) is 17.0. The molecule has 278 valence electrons. The number of aromatic nitrogens is 2. The minimum atomic E-state index is 0.231. The number of aryl methyl sites for hydroxylation is 2. The Morgan fingerprint density at radius 1 is 1.00 bits per heavy atom. The summed E-state index contributed by atoms with van der Waals surface area (Å²) >= 11 is 0.231. The van der Waals surface area contributed by atoms with E-state index in [4.69, 9.17) is 4.79 Å². The zero-order valence-corrected chi connectivity index (χ0v) is 33.9. The van der Waals surface area contributed by atoms with Crippen molar-refractivity contribution in [2.45, 2.75) is 98.8 Å². The molecule has 1 saturated heterocycles. The number of rotatable bonds is 9. The van der Waals surface area contributed by atoms with Crippen LogP contribution in [0.2, 0.25) is 0 Å². The molecule has 4 rings (SSSR count). The molecule has 0 atom stereocenters. The van der Waals surface area contributed by atoms with Crippen molar-refractivity contribution in [3.8, 4) is 12.8 Å². The number of nitrogens with zero attached hydrogens (tertiary/aromatic N) is 3. The van der Waals surface area contributed by atoms with Gasteiger partial charge in [-0.1, -0.05) is 109 Å². The van der Waals surface area contributed by atoms with Crippen LogP contribution in [0.15, 0.2) is 85.4 Å². The van der Waals surface area contributed by atoms with Gasteiger partial charge in [-0.15, -0.1) is 26.0 Å². The van der Waals surface area contributed by atoms with Crippen LogP contribution in [-0.2, 0) is 10.2 Å². The molecule has 50 heavy (non-hydrogen) atoms. The summed E-state index contributed by atoms with van der Waals surface area (Å²) in [5.74, 6) is 1.46. The lowest BCUT2D eigenvalue weighted by molar-refractivity contribution is -0.0980. The third-order valence-corrected chi connectivity index (χ3v) is 8.77. The van der Waals surface area contributed by atoms with E-state index in [0.29, 0.717) is 16.2 Å². The molecule has 0 radical (unpaired) electrons. The Bertz CT molecular complexity index is 1350. The molecule has 7 heteroatoms. The van der Waals surface area contributed by atoms with Crippen molar-refractivity contribution >= 4 is 30.3 Å². The summed E-state index contributed by atoms with van der Waals surface area (Å²) < 4.78 is 14.9. The van der Waals surface area contributed by atoms with Gasteiger partial charge in [-0.05, 0) is 99.8 Å². The number of halogens is 1. The highest BCUT2D eigenvalue weighted by Gasteiger charge is 2.19. The highest BCUT2D eigenvalue weighted by molar-refractivity contribution is 7.94. The van der Waals surface area contributed by atoms with Crippen molar-refractivity contribution in [1.29, 1.82) is 0 Å². The van der Waals surface area contributed by atoms with Crippen molar-refractivity contribution < 1.29 is 8.68 Å². The average molecular weight is 707 g/mol. The number of benzene rings is 2. The molecule has 3 aromatic rings. The quantitative estimate of drug-likeness (QED) is 0.136. The largest absolute Gasteiger partial charge is 0.370 e. The maximum Gasteiger partial charge on any atom is 0.128 e. The molecule has 5 nitrogen and oxygen atoms in total. The Balaban J connectivity index is -0.000000838. The van der Waals surface area contributed by atoms with Crippen LogP contribution < -0.4 is 5.32 Å². The standard InChI is InChI=1S/C22H29FN4S.C12H18.2C2H6.C2H4.C2H2.CH2O/c1-16-7-5-6-8-20(16)17(2)13-22(27-18(3)21(28-23)15-25-27)24-14-19-9-11-26(4)12-10-19;1-5-12(3,4)11-8-6-10(2)7-9-11;5*1-2/h5-8,13,15,19,24H,2,9-12,14H2,1,3-4H3;6-9H,5H2,1-4H3;2*1-2H3;1-2H2;1-2H;1H2/b22-13-;;;;;;. The molecule has 1 N–H and O–H groups in total. The third-order valence-electron chi connectivity index (χ3n) is 8.20. The van der Waals surface area contributed by atoms with Crippen LogP contribution in [0.1, 0.15) is 95.7 Å². The van der Waals surface area contributed by atoms with Crippen molar-refractivity contribution in [3.05, 3.63) is 108 Å². The molecular formula is C43H67FN4OS. The number of allylic oxidation sites excluding steroid dienone is 2. The normalized spacial score (nSPS) is 12.4. The lowest BCUT2D eigenvalue weighted by atomic mass is 9.82. The molecule has 1 aromatic heterocycles. The van der Waals surface area contributed by atoms with Gasteiger partial charge in [-0.2, -0.15) is 8.98 Å². The first-order chi connectivity index (χ1) is 24.1. The Morgan fingerprint density at radius 3 is 1.98 bits per heavy atom. The molecule has 2 heterocycles. The van der Waals surface area contributed by atoms with Gasteiger partial charge >= 0.3 is 0 Å². The predicted octanol–water partition coefficient (Wildman–Crippen LogP) is 11.5. The SMILES string of the molecule is C#C.C=C.C=C(/C=C(/NCC1CCN(C)CC1)n1ncc(SF)c1C)c1ccccc1C.C=O.CC.CC.CCC(C)(C)c1ccc(C)cc1. The number of carbonyl (C=O) groups excluding carboxylic acids is 1. The predicted molar refractivity (Wildman–Crippen MR) is 222 cm³/mol. The van der Waals surface area contributed by atoms with Gasteiger partial charge in [0.15, 0.2) is 0 Å². The van der Waals surface area contributed by atoms with Gasteiger partial charge in [0.05, 0.1) is 28.9 Å². The monoisotopic (exact) mass is 707 g/mol. The Labute approximate surface area is 310 Å². The van der Waals surface area contributed by atoms with Crippen LogP contribution in [0, 0.1) is 39.5 Å². The van der Waals surface area contributed by atoms with E-state index in [1.807, 2.05) is 59.6 Å². The molecule has 0 bridgehead atoms. The molecule has 2 aromatic carbocycles. The summed E-state index contributed by atoms with van der Waals surface area (Å²) in [5.41, 5.74) is 7.08. The van der Waals surface area contributed by atoms with Crippen molar-refractivity contribution in [2.75, 3.05) is 26.7 Å². The minimum absolute atomic E-state index is 0.231. The number of hydrogen-bond donors (Lipinski definition) is 1. The summed E-state index contributed by atoms with van der Waals surface area (Å²) in [6.07, 6.45) is 15.1. The second-order valence-corrected chi connectivity index (χ2v) is 12.3. The summed E-state index contributed by atoms with van der Waals surface area (Å²) in [4.78, 5) is 10.9. The fourth-order valence-electron chi connectivity index (χ4n) is 4.80. The number of terminal acetylenes is 1. The highest BCUT2D eigenvalue weighted by atomic mass is 32.2. The van der Waals surface area contributed by atoms with Crippen LogP contribution in [0.25, 0.3) is 11.4 Å². The number of piperidine rings is 1. The van der Waals surface area contributed by atoms with Gasteiger partial charge in [0.2, 0.25) is 0 Å². The van der Waals surface area contributed by atoms with Gasteiger partial charge in [0, 0.05) is 6.54 Å². The number of carbonyl (C=O) groups is 1. The van der Waals surface area contributed by atoms with Crippen LogP contribution in [0.5, 0.6) is 0 Å². The van der Waals surface area contributed by atoms with Crippen LogP contribution in [0.3, 0.4) is 0 Å². The second kappa shape index (κ2) is 30.0. The summed E-state index contributed by atoms with van der Waals surface area (Å²) in [5, 5.41) is 7.98. The fraction of sp³-hybridized carbons (Fsp3) is 0.442. The molecule has 0 saturated carbocycles. The van der Waals surface area contributed by atoms with E-state index in [1.54, 1.807) is 10.9 Å². The lowest BCUT2D eigenvalue weighted by Crippen LogP contribution is -2.35. The third kappa shape index (κ3) is 17.7. The van der Waals surface area contributed by atoms with E-state index in [2.05, 4.69) is 126 Å². The highest BCUT2D eigenvalue weighted by Crippen LogP contribution is 2.27. The van der Waals surface area contributed by atoms with Crippen LogP contribution in [-0.4, -0.2) is 48.2 Å². The van der Waals surface area contributed by atoms with Gasteiger partial charge < -0.3 is 15.0 Å². The average Bonchev–Trinajstić information content (AvgIpc) is 3.55. The Hall–Kier alpha value is -3.86. The molecule has 0 spiro atoms. The smallest absolute Gasteiger partial charge is 0.128 e. The molecule has 1 aliphatic rings. The minimum Gasteiger partial charge on any atom is -0.370 e. The first-order valence-corrected chi connectivity index (χ1v) is 18.2. The molecule has 1 fully saturated rings. The molecule has 0 unspecified atom stereocenters. The van der Waals surface area contributed by atoms with Gasteiger partial charge in [-0.25, -0.2) is 4.68 Å². The topological polar surface area (TPSA) is 50.2 Å². The number of likely N-dealkylation sites (tertiary alicyclic amines) is 1. The number of hydrogen-bond acceptors (Lipinski definition) is 5. The zero-order valence-electron chi connectivity index (χ0n) is 33.1. The fourth-order valence-corrected chi connectivity index (χ4v) is 5.09. The maximum atomic E-state index is 13.2. The van der Waals surface area contributed by atoms with Gasteiger partial charge in [0.25, 0.3) is 0 Å². The molecular weight excluding hydrogens is 640 g/mol. The van der Waals surface area contributed by atoms with E-state index in [1.165, 1.54) is 36.0 Å². The zero-order chi connectivity index (χ0) is 39.3. The maximum absolute atomic E-state index is 13.2. The van der Waals surface area contributed by atoms with Crippen molar-refractivity contribution in [3.63, 3.8) is 0 Å². The van der Waals surface area contributed by atoms with E-state index < -0.39 is 0 Å². The molecule has 1 aliphatic heterocycles. The Morgan fingerprint density at radius 2 is 1.52 bits per heavy atom. The van der Waals surface area contributed by atoms with E-state index in [0.717, 1.165) is 42.3 Å². The van der Waals surface area contributed by atoms with Crippen LogP contribution in [0.4, 0.5) is 3.89 Å². The first-order valence-electron chi connectivity index (χ1n) is 17.5. The second-order valence-electron chi connectivity index (χ2n) is 11.7.